The van der Waals surface area contributed by atoms with Crippen molar-refractivity contribution >= 4 is 11.6 Å². The number of carbonyl (C=O) groups is 1. The lowest BCUT2D eigenvalue weighted by Gasteiger charge is -2.30. The minimum Gasteiger partial charge on any atom is -0.349 e. The number of non-ortho nitro benzene ring substituents is 1. The van der Waals surface area contributed by atoms with Gasteiger partial charge in [-0.3, -0.25) is 14.9 Å². The summed E-state index contributed by atoms with van der Waals surface area (Å²) >= 11 is 0. The monoisotopic (exact) mass is 293 g/mol. The number of nitrogens with zero attached hydrogens (tertiary/aromatic N) is 1. The van der Waals surface area contributed by atoms with E-state index in [1.807, 2.05) is 20.8 Å². The van der Waals surface area contributed by atoms with Crippen molar-refractivity contribution in [2.24, 2.45) is 11.1 Å². The van der Waals surface area contributed by atoms with E-state index in [-0.39, 0.29) is 24.2 Å². The normalized spacial score (nSPS) is 12.8. The van der Waals surface area contributed by atoms with Gasteiger partial charge in [0.15, 0.2) is 0 Å². The Morgan fingerprint density at radius 3 is 2.52 bits per heavy atom. The Bertz CT molecular complexity index is 504. The third-order valence-corrected chi connectivity index (χ3v) is 4.15. The van der Waals surface area contributed by atoms with Gasteiger partial charge in [-0.1, -0.05) is 26.0 Å². The van der Waals surface area contributed by atoms with E-state index in [0.29, 0.717) is 18.4 Å². The molecule has 6 heteroatoms. The standard InChI is InChI=1S/C15H23N3O3/c1-4-15(5-2,10-16)14(19)17-11(3)12-7-6-8-13(9-12)18(20)21/h6-9,11H,4-5,10,16H2,1-3H3,(H,17,19). The van der Waals surface area contributed by atoms with E-state index in [9.17, 15) is 14.9 Å². The molecule has 1 rings (SSSR count). The van der Waals surface area contributed by atoms with Crippen LogP contribution in [0.4, 0.5) is 5.69 Å². The van der Waals surface area contributed by atoms with Crippen LogP contribution in [0.2, 0.25) is 0 Å². The molecule has 1 atom stereocenters. The summed E-state index contributed by atoms with van der Waals surface area (Å²) < 4.78 is 0. The maximum Gasteiger partial charge on any atom is 0.269 e. The lowest BCUT2D eigenvalue weighted by molar-refractivity contribution is -0.384. The number of nitro groups is 1. The van der Waals surface area contributed by atoms with Crippen LogP contribution in [-0.2, 0) is 4.79 Å². The minimum absolute atomic E-state index is 0.0182. The molecule has 1 unspecified atom stereocenters. The summed E-state index contributed by atoms with van der Waals surface area (Å²) in [5.74, 6) is -0.103. The van der Waals surface area contributed by atoms with Gasteiger partial charge in [0.2, 0.25) is 5.91 Å². The molecule has 3 N–H and O–H groups in total. The van der Waals surface area contributed by atoms with Crippen LogP contribution in [0.5, 0.6) is 0 Å². The molecular weight excluding hydrogens is 270 g/mol. The summed E-state index contributed by atoms with van der Waals surface area (Å²) in [4.78, 5) is 22.8. The summed E-state index contributed by atoms with van der Waals surface area (Å²) in [6.07, 6.45) is 1.32. The van der Waals surface area contributed by atoms with E-state index < -0.39 is 10.3 Å². The topological polar surface area (TPSA) is 98.3 Å². The van der Waals surface area contributed by atoms with E-state index in [1.54, 1.807) is 12.1 Å². The van der Waals surface area contributed by atoms with Crippen molar-refractivity contribution in [3.63, 3.8) is 0 Å². The molecule has 0 aliphatic heterocycles. The molecule has 0 fully saturated rings. The highest BCUT2D eigenvalue weighted by atomic mass is 16.6. The molecule has 0 bridgehead atoms. The molecule has 0 heterocycles. The Morgan fingerprint density at radius 2 is 2.05 bits per heavy atom. The highest BCUT2D eigenvalue weighted by Gasteiger charge is 2.34. The zero-order valence-corrected chi connectivity index (χ0v) is 12.8. The molecule has 116 valence electrons. The second kappa shape index (κ2) is 7.17. The highest BCUT2D eigenvalue weighted by Crippen LogP contribution is 2.27. The molecule has 21 heavy (non-hydrogen) atoms. The molecule has 0 spiro atoms. The van der Waals surface area contributed by atoms with Gasteiger partial charge in [0.25, 0.3) is 5.69 Å². The Balaban J connectivity index is 2.90. The largest absolute Gasteiger partial charge is 0.349 e. The molecule has 0 saturated heterocycles. The van der Waals surface area contributed by atoms with Crippen molar-refractivity contribution < 1.29 is 9.72 Å². The number of nitro benzene ring substituents is 1. The maximum absolute atomic E-state index is 12.4. The van der Waals surface area contributed by atoms with Gasteiger partial charge in [0.05, 0.1) is 16.4 Å². The number of carbonyl (C=O) groups excluding carboxylic acids is 1. The molecule has 1 aromatic carbocycles. The van der Waals surface area contributed by atoms with Gasteiger partial charge in [-0.05, 0) is 25.3 Å². The predicted molar refractivity (Wildman–Crippen MR) is 81.7 cm³/mol. The quantitative estimate of drug-likeness (QED) is 0.596. The van der Waals surface area contributed by atoms with Crippen LogP contribution in [0.15, 0.2) is 24.3 Å². The number of nitrogens with one attached hydrogen (secondary N) is 1. The summed E-state index contributed by atoms with van der Waals surface area (Å²) in [6, 6.07) is 5.99. The van der Waals surface area contributed by atoms with Crippen LogP contribution < -0.4 is 11.1 Å². The number of benzene rings is 1. The fourth-order valence-corrected chi connectivity index (χ4v) is 2.29. The minimum atomic E-state index is -0.574. The number of nitrogens with two attached hydrogens (primary N) is 1. The van der Waals surface area contributed by atoms with Crippen molar-refractivity contribution in [3.8, 4) is 0 Å². The van der Waals surface area contributed by atoms with E-state index in [2.05, 4.69) is 5.32 Å². The lowest BCUT2D eigenvalue weighted by Crippen LogP contribution is -2.46. The van der Waals surface area contributed by atoms with Crippen molar-refractivity contribution in [3.05, 3.63) is 39.9 Å². The van der Waals surface area contributed by atoms with Crippen molar-refractivity contribution in [2.45, 2.75) is 39.7 Å². The number of rotatable bonds is 7. The third kappa shape index (κ3) is 3.78. The summed E-state index contributed by atoms with van der Waals surface area (Å²) in [5, 5.41) is 13.7. The fraction of sp³-hybridized carbons (Fsp3) is 0.533. The Morgan fingerprint density at radius 1 is 1.43 bits per heavy atom. The average molecular weight is 293 g/mol. The van der Waals surface area contributed by atoms with Gasteiger partial charge in [-0.15, -0.1) is 0 Å². The smallest absolute Gasteiger partial charge is 0.269 e. The van der Waals surface area contributed by atoms with E-state index in [4.69, 9.17) is 5.73 Å². The Labute approximate surface area is 124 Å². The maximum atomic E-state index is 12.4. The first-order chi connectivity index (χ1) is 9.90. The Kier molecular flexibility index (Phi) is 5.84. The number of amides is 1. The zero-order chi connectivity index (χ0) is 16.0. The van der Waals surface area contributed by atoms with Gasteiger partial charge < -0.3 is 11.1 Å². The van der Waals surface area contributed by atoms with Crippen LogP contribution >= 0.6 is 0 Å². The highest BCUT2D eigenvalue weighted by molar-refractivity contribution is 5.83. The van der Waals surface area contributed by atoms with Gasteiger partial charge in [0, 0.05) is 18.7 Å². The molecule has 0 aliphatic carbocycles. The van der Waals surface area contributed by atoms with Crippen LogP contribution in [0.1, 0.15) is 45.2 Å². The zero-order valence-electron chi connectivity index (χ0n) is 12.8. The molecule has 0 radical (unpaired) electrons. The first kappa shape index (κ1) is 17.1. The van der Waals surface area contributed by atoms with Crippen molar-refractivity contribution in [2.75, 3.05) is 6.54 Å². The first-order valence-electron chi connectivity index (χ1n) is 7.15. The molecule has 0 aliphatic rings. The molecule has 1 amide bonds. The molecule has 1 aromatic rings. The van der Waals surface area contributed by atoms with Crippen LogP contribution in [0, 0.1) is 15.5 Å². The first-order valence-corrected chi connectivity index (χ1v) is 7.15. The number of hydrogen-bond donors (Lipinski definition) is 2. The molecule has 0 aromatic heterocycles. The van der Waals surface area contributed by atoms with Gasteiger partial charge in [-0.25, -0.2) is 0 Å². The second-order valence-corrected chi connectivity index (χ2v) is 5.24. The van der Waals surface area contributed by atoms with Gasteiger partial charge in [0.1, 0.15) is 0 Å². The lowest BCUT2D eigenvalue weighted by atomic mass is 9.81. The summed E-state index contributed by atoms with van der Waals surface area (Å²) in [5.41, 5.74) is 5.91. The van der Waals surface area contributed by atoms with Gasteiger partial charge in [-0.2, -0.15) is 0 Å². The summed E-state index contributed by atoms with van der Waals surface area (Å²) in [7, 11) is 0. The second-order valence-electron chi connectivity index (χ2n) is 5.24. The predicted octanol–water partition coefficient (Wildman–Crippen LogP) is 2.54. The van der Waals surface area contributed by atoms with Crippen molar-refractivity contribution in [1.82, 2.24) is 5.32 Å². The van der Waals surface area contributed by atoms with Crippen LogP contribution in [0.3, 0.4) is 0 Å². The van der Waals surface area contributed by atoms with E-state index in [0.717, 1.165) is 0 Å². The Hall–Kier alpha value is -1.95. The molecule has 6 nitrogen and oxygen atoms in total. The molecular formula is C15H23N3O3. The average Bonchev–Trinajstić information content (AvgIpc) is 2.49. The third-order valence-electron chi connectivity index (χ3n) is 4.15. The molecule has 0 saturated carbocycles. The van der Waals surface area contributed by atoms with Gasteiger partial charge >= 0.3 is 0 Å². The fourth-order valence-electron chi connectivity index (χ4n) is 2.29. The van der Waals surface area contributed by atoms with Crippen LogP contribution in [0.25, 0.3) is 0 Å². The van der Waals surface area contributed by atoms with E-state index >= 15 is 0 Å². The summed E-state index contributed by atoms with van der Waals surface area (Å²) in [6.45, 7) is 5.97. The van der Waals surface area contributed by atoms with E-state index in [1.165, 1.54) is 12.1 Å². The van der Waals surface area contributed by atoms with Crippen molar-refractivity contribution in [1.29, 1.82) is 0 Å². The SMILES string of the molecule is CCC(CC)(CN)C(=O)NC(C)c1cccc([N+](=O)[O-])c1. The van der Waals surface area contributed by atoms with Crippen LogP contribution in [-0.4, -0.2) is 17.4 Å². The number of hydrogen-bond acceptors (Lipinski definition) is 4.